The number of nitrogens with zero attached hydrogens (tertiary/aromatic N) is 4. The summed E-state index contributed by atoms with van der Waals surface area (Å²) in [6.45, 7) is 2.86. The maximum Gasteiger partial charge on any atom is 0.318 e. The van der Waals surface area contributed by atoms with Crippen LogP contribution in [0.3, 0.4) is 0 Å². The van der Waals surface area contributed by atoms with E-state index >= 15 is 0 Å². The molecule has 1 fully saturated rings. The minimum atomic E-state index is -0.0889. The Kier molecular flexibility index (Phi) is 5.65. The van der Waals surface area contributed by atoms with Crippen LogP contribution in [-0.4, -0.2) is 50.2 Å². The van der Waals surface area contributed by atoms with Gasteiger partial charge in [0, 0.05) is 19.2 Å². The minimum Gasteiger partial charge on any atom is -0.396 e. The highest BCUT2D eigenvalue weighted by Gasteiger charge is 2.27. The minimum absolute atomic E-state index is 0.0500. The molecule has 0 saturated carbocycles. The Morgan fingerprint density at radius 1 is 1.36 bits per heavy atom. The van der Waals surface area contributed by atoms with Crippen LogP contribution in [0.4, 0.5) is 4.79 Å². The van der Waals surface area contributed by atoms with E-state index in [-0.39, 0.29) is 24.7 Å². The summed E-state index contributed by atoms with van der Waals surface area (Å²) in [6, 6.07) is 7.90. The van der Waals surface area contributed by atoms with Gasteiger partial charge in [-0.3, -0.25) is 0 Å². The van der Waals surface area contributed by atoms with E-state index in [0.717, 1.165) is 37.1 Å². The molecule has 134 valence electrons. The SMILES string of the molecule is CC(NC(=O)N1CCCCC1CCO)c1ccc(-n2ccnn2)cc1. The Bertz CT molecular complexity index is 669. The summed E-state index contributed by atoms with van der Waals surface area (Å²) < 4.78 is 1.69. The van der Waals surface area contributed by atoms with Crippen molar-refractivity contribution in [2.45, 2.75) is 44.7 Å². The van der Waals surface area contributed by atoms with Gasteiger partial charge in [0.25, 0.3) is 0 Å². The van der Waals surface area contributed by atoms with E-state index in [2.05, 4.69) is 15.6 Å². The first-order valence-corrected chi connectivity index (χ1v) is 8.83. The van der Waals surface area contributed by atoms with Crippen molar-refractivity contribution in [3.05, 3.63) is 42.2 Å². The second-order valence-electron chi connectivity index (χ2n) is 6.47. The molecule has 2 atom stereocenters. The van der Waals surface area contributed by atoms with E-state index in [0.29, 0.717) is 6.42 Å². The van der Waals surface area contributed by atoms with Crippen LogP contribution in [0.5, 0.6) is 0 Å². The molecule has 0 bridgehead atoms. The largest absolute Gasteiger partial charge is 0.396 e. The Morgan fingerprint density at radius 3 is 2.84 bits per heavy atom. The number of likely N-dealkylation sites (tertiary alicyclic amines) is 1. The highest BCUT2D eigenvalue weighted by Crippen LogP contribution is 2.21. The molecule has 0 radical (unpaired) electrons. The lowest BCUT2D eigenvalue weighted by atomic mass is 10.00. The van der Waals surface area contributed by atoms with Gasteiger partial charge in [-0.2, -0.15) is 0 Å². The summed E-state index contributed by atoms with van der Waals surface area (Å²) in [7, 11) is 0. The quantitative estimate of drug-likeness (QED) is 0.872. The molecule has 3 rings (SSSR count). The van der Waals surface area contributed by atoms with E-state index in [9.17, 15) is 9.90 Å². The van der Waals surface area contributed by atoms with Gasteiger partial charge in [-0.25, -0.2) is 9.48 Å². The molecule has 2 heterocycles. The summed E-state index contributed by atoms with van der Waals surface area (Å²) in [5.74, 6) is 0. The lowest BCUT2D eigenvalue weighted by molar-refractivity contribution is 0.130. The second-order valence-corrected chi connectivity index (χ2v) is 6.47. The highest BCUT2D eigenvalue weighted by atomic mass is 16.3. The molecular weight excluding hydrogens is 318 g/mol. The third-order valence-electron chi connectivity index (χ3n) is 4.77. The maximum absolute atomic E-state index is 12.6. The molecule has 7 nitrogen and oxygen atoms in total. The molecule has 0 aliphatic carbocycles. The maximum atomic E-state index is 12.6. The number of aromatic nitrogens is 3. The zero-order chi connectivity index (χ0) is 17.6. The van der Waals surface area contributed by atoms with Gasteiger partial charge in [0.15, 0.2) is 0 Å². The average molecular weight is 343 g/mol. The number of rotatable bonds is 5. The number of hydrogen-bond donors (Lipinski definition) is 2. The molecule has 25 heavy (non-hydrogen) atoms. The summed E-state index contributed by atoms with van der Waals surface area (Å²) in [6.07, 6.45) is 7.18. The number of benzene rings is 1. The Labute approximate surface area is 147 Å². The molecular formula is C18H25N5O2. The average Bonchev–Trinajstić information content (AvgIpc) is 3.17. The number of piperidine rings is 1. The summed E-state index contributed by atoms with van der Waals surface area (Å²) in [5, 5.41) is 20.1. The monoisotopic (exact) mass is 343 g/mol. The molecule has 1 aliphatic rings. The fourth-order valence-electron chi connectivity index (χ4n) is 3.33. The number of urea groups is 1. The number of amides is 2. The molecule has 1 aromatic heterocycles. The zero-order valence-electron chi connectivity index (χ0n) is 14.5. The van der Waals surface area contributed by atoms with Gasteiger partial charge in [-0.15, -0.1) is 5.10 Å². The van der Waals surface area contributed by atoms with Crippen molar-refractivity contribution in [3.63, 3.8) is 0 Å². The Morgan fingerprint density at radius 2 is 2.16 bits per heavy atom. The molecule has 1 aromatic carbocycles. The number of nitrogens with one attached hydrogen (secondary N) is 1. The first kappa shape index (κ1) is 17.4. The first-order valence-electron chi connectivity index (χ1n) is 8.83. The second kappa shape index (κ2) is 8.11. The first-order chi connectivity index (χ1) is 12.2. The Balaban J connectivity index is 1.62. The van der Waals surface area contributed by atoms with Crippen LogP contribution in [0.25, 0.3) is 5.69 Å². The van der Waals surface area contributed by atoms with Gasteiger partial charge < -0.3 is 15.3 Å². The van der Waals surface area contributed by atoms with Crippen molar-refractivity contribution in [2.24, 2.45) is 0 Å². The highest BCUT2D eigenvalue weighted by molar-refractivity contribution is 5.75. The fourth-order valence-corrected chi connectivity index (χ4v) is 3.33. The van der Waals surface area contributed by atoms with Crippen LogP contribution in [-0.2, 0) is 0 Å². The van der Waals surface area contributed by atoms with Crippen LogP contribution < -0.4 is 5.32 Å². The van der Waals surface area contributed by atoms with Gasteiger partial charge in [0.2, 0.25) is 0 Å². The van der Waals surface area contributed by atoms with Gasteiger partial charge in [-0.05, 0) is 50.3 Å². The number of carbonyl (C=O) groups is 1. The topological polar surface area (TPSA) is 83.3 Å². The molecule has 1 aliphatic heterocycles. The third kappa shape index (κ3) is 4.17. The van der Waals surface area contributed by atoms with Gasteiger partial charge in [0.05, 0.1) is 24.1 Å². The molecule has 0 spiro atoms. The van der Waals surface area contributed by atoms with E-state index in [1.54, 1.807) is 17.1 Å². The molecule has 2 unspecified atom stereocenters. The van der Waals surface area contributed by atoms with Crippen molar-refractivity contribution in [1.29, 1.82) is 0 Å². The number of aliphatic hydroxyl groups excluding tert-OH is 1. The number of aliphatic hydroxyl groups is 1. The standard InChI is InChI=1S/C18H25N5O2/c1-14(15-5-7-17(8-6-15)23-12-10-19-21-23)20-18(25)22-11-3-2-4-16(22)9-13-24/h5-8,10,12,14,16,24H,2-4,9,11,13H2,1H3,(H,20,25). The van der Waals surface area contributed by atoms with Gasteiger partial charge in [0.1, 0.15) is 0 Å². The van der Waals surface area contributed by atoms with Crippen molar-refractivity contribution in [2.75, 3.05) is 13.2 Å². The Hall–Kier alpha value is -2.41. The third-order valence-corrected chi connectivity index (χ3v) is 4.77. The van der Waals surface area contributed by atoms with Crippen molar-refractivity contribution < 1.29 is 9.90 Å². The van der Waals surface area contributed by atoms with Gasteiger partial charge in [-0.1, -0.05) is 17.3 Å². The van der Waals surface area contributed by atoms with Crippen molar-refractivity contribution in [3.8, 4) is 5.69 Å². The van der Waals surface area contributed by atoms with E-state index in [1.165, 1.54) is 0 Å². The predicted octanol–water partition coefficient (Wildman–Crippen LogP) is 2.27. The van der Waals surface area contributed by atoms with Crippen LogP contribution in [0.15, 0.2) is 36.7 Å². The molecule has 1 saturated heterocycles. The molecule has 2 amide bonds. The number of hydrogen-bond acceptors (Lipinski definition) is 4. The molecule has 2 N–H and O–H groups in total. The fraction of sp³-hybridized carbons (Fsp3) is 0.500. The van der Waals surface area contributed by atoms with E-state index in [1.807, 2.05) is 36.1 Å². The normalized spacial score (nSPS) is 18.8. The zero-order valence-corrected chi connectivity index (χ0v) is 14.5. The lowest BCUT2D eigenvalue weighted by Crippen LogP contribution is -2.49. The van der Waals surface area contributed by atoms with E-state index < -0.39 is 0 Å². The molecule has 7 heteroatoms. The van der Waals surface area contributed by atoms with Crippen LogP contribution in [0.1, 0.15) is 44.2 Å². The number of carbonyl (C=O) groups excluding carboxylic acids is 1. The summed E-state index contributed by atoms with van der Waals surface area (Å²) in [5.41, 5.74) is 1.96. The molecule has 2 aromatic rings. The predicted molar refractivity (Wildman–Crippen MR) is 94.4 cm³/mol. The summed E-state index contributed by atoms with van der Waals surface area (Å²) in [4.78, 5) is 14.5. The van der Waals surface area contributed by atoms with Gasteiger partial charge >= 0.3 is 6.03 Å². The van der Waals surface area contributed by atoms with E-state index in [4.69, 9.17) is 0 Å². The van der Waals surface area contributed by atoms with Crippen molar-refractivity contribution in [1.82, 2.24) is 25.2 Å². The van der Waals surface area contributed by atoms with Crippen LogP contribution in [0, 0.1) is 0 Å². The van der Waals surface area contributed by atoms with Crippen LogP contribution in [0.2, 0.25) is 0 Å². The summed E-state index contributed by atoms with van der Waals surface area (Å²) >= 11 is 0. The lowest BCUT2D eigenvalue weighted by Gasteiger charge is -2.36. The smallest absolute Gasteiger partial charge is 0.318 e. The van der Waals surface area contributed by atoms with Crippen molar-refractivity contribution >= 4 is 6.03 Å². The van der Waals surface area contributed by atoms with Crippen LogP contribution >= 0.6 is 0 Å².